The van der Waals surface area contributed by atoms with E-state index in [4.69, 9.17) is 26.6 Å². The molecule has 0 aliphatic carbocycles. The van der Waals surface area contributed by atoms with Gasteiger partial charge in [-0.05, 0) is 25.1 Å². The van der Waals surface area contributed by atoms with E-state index in [1.54, 1.807) is 37.3 Å². The number of aryl methyl sites for hydroxylation is 1. The van der Waals surface area contributed by atoms with E-state index in [0.29, 0.717) is 39.1 Å². The number of nitrogens with two attached hydrogens (primary N) is 1. The minimum atomic E-state index is -0.650. The molecule has 7 nitrogen and oxygen atoms in total. The third-order valence-electron chi connectivity index (χ3n) is 3.43. The second kappa shape index (κ2) is 7.23. The van der Waals surface area contributed by atoms with Gasteiger partial charge in [0.25, 0.3) is 0 Å². The Bertz CT molecular complexity index is 893. The lowest BCUT2D eigenvalue weighted by Gasteiger charge is -2.08. The molecule has 2 heterocycles. The highest BCUT2D eigenvalue weighted by Gasteiger charge is 2.19. The average Bonchev–Trinajstić information content (AvgIpc) is 2.96. The molecule has 0 atom stereocenters. The van der Waals surface area contributed by atoms with E-state index >= 15 is 0 Å². The molecule has 0 saturated heterocycles. The molecule has 128 valence electrons. The summed E-state index contributed by atoms with van der Waals surface area (Å²) in [6.45, 7) is 1.75. The molecule has 2 aromatic heterocycles. The van der Waals surface area contributed by atoms with E-state index < -0.39 is 6.09 Å². The lowest BCUT2D eigenvalue weighted by atomic mass is 10.2. The summed E-state index contributed by atoms with van der Waals surface area (Å²) in [5.74, 6) is 0.326. The van der Waals surface area contributed by atoms with Crippen LogP contribution in [0.3, 0.4) is 0 Å². The van der Waals surface area contributed by atoms with E-state index in [1.807, 2.05) is 6.07 Å². The maximum atomic E-state index is 12.1. The van der Waals surface area contributed by atoms with Gasteiger partial charge in [-0.1, -0.05) is 35.0 Å². The standard InChI is InChI=1S/C17H15ClN4O3/c1-10-15(16(25-22-10)14-7-6-12(19)8-20-14)21-17(23)24-9-11-4-2-3-5-13(11)18/h2-8H,9,19H2,1H3,(H,21,23). The molecular formula is C17H15ClN4O3. The van der Waals surface area contributed by atoms with Gasteiger partial charge in [0.05, 0.1) is 11.9 Å². The number of aromatic nitrogens is 2. The van der Waals surface area contributed by atoms with Crippen LogP contribution >= 0.6 is 11.6 Å². The number of hydrogen-bond acceptors (Lipinski definition) is 6. The summed E-state index contributed by atoms with van der Waals surface area (Å²) >= 11 is 6.04. The summed E-state index contributed by atoms with van der Waals surface area (Å²) in [4.78, 5) is 16.3. The molecular weight excluding hydrogens is 344 g/mol. The average molecular weight is 359 g/mol. The Hall–Kier alpha value is -3.06. The van der Waals surface area contributed by atoms with Crippen molar-refractivity contribution < 1.29 is 14.1 Å². The van der Waals surface area contributed by atoms with Gasteiger partial charge in [0.1, 0.15) is 23.7 Å². The molecule has 0 spiro atoms. The lowest BCUT2D eigenvalue weighted by Crippen LogP contribution is -2.14. The summed E-state index contributed by atoms with van der Waals surface area (Å²) in [6.07, 6.45) is 0.843. The van der Waals surface area contributed by atoms with E-state index in [1.165, 1.54) is 6.20 Å². The minimum absolute atomic E-state index is 0.0469. The summed E-state index contributed by atoms with van der Waals surface area (Å²) < 4.78 is 10.5. The lowest BCUT2D eigenvalue weighted by molar-refractivity contribution is 0.155. The Labute approximate surface area is 148 Å². The van der Waals surface area contributed by atoms with Crippen LogP contribution in [0.2, 0.25) is 5.02 Å². The van der Waals surface area contributed by atoms with Crippen molar-refractivity contribution >= 4 is 29.1 Å². The molecule has 0 unspecified atom stereocenters. The number of hydrogen-bond donors (Lipinski definition) is 2. The Balaban J connectivity index is 1.72. The number of carbonyl (C=O) groups excluding carboxylic acids is 1. The largest absolute Gasteiger partial charge is 0.444 e. The van der Waals surface area contributed by atoms with E-state index in [0.717, 1.165) is 0 Å². The molecule has 25 heavy (non-hydrogen) atoms. The number of rotatable bonds is 4. The molecule has 0 saturated carbocycles. The third kappa shape index (κ3) is 3.89. The van der Waals surface area contributed by atoms with Gasteiger partial charge in [-0.15, -0.1) is 0 Å². The molecule has 8 heteroatoms. The zero-order valence-electron chi connectivity index (χ0n) is 13.3. The van der Waals surface area contributed by atoms with Crippen LogP contribution in [0.5, 0.6) is 0 Å². The SMILES string of the molecule is Cc1noc(-c2ccc(N)cn2)c1NC(=O)OCc1ccccc1Cl. The van der Waals surface area contributed by atoms with Gasteiger partial charge in [0.2, 0.25) is 5.76 Å². The van der Waals surface area contributed by atoms with Crippen molar-refractivity contribution in [1.29, 1.82) is 0 Å². The number of amides is 1. The number of benzene rings is 1. The van der Waals surface area contributed by atoms with Gasteiger partial charge in [-0.2, -0.15) is 0 Å². The smallest absolute Gasteiger partial charge is 0.412 e. The number of nitrogens with zero attached hydrogens (tertiary/aromatic N) is 2. The van der Waals surface area contributed by atoms with Crippen LogP contribution in [0.4, 0.5) is 16.2 Å². The first kappa shape index (κ1) is 16.8. The highest BCUT2D eigenvalue weighted by Crippen LogP contribution is 2.30. The van der Waals surface area contributed by atoms with Gasteiger partial charge in [0.15, 0.2) is 0 Å². The first-order chi connectivity index (χ1) is 12.0. The zero-order valence-corrected chi connectivity index (χ0v) is 14.1. The number of nitrogens with one attached hydrogen (secondary N) is 1. The highest BCUT2D eigenvalue weighted by atomic mass is 35.5. The Kier molecular flexibility index (Phi) is 4.85. The van der Waals surface area contributed by atoms with Crippen molar-refractivity contribution in [1.82, 2.24) is 10.1 Å². The van der Waals surface area contributed by atoms with Crippen LogP contribution in [0.25, 0.3) is 11.5 Å². The van der Waals surface area contributed by atoms with Crippen molar-refractivity contribution in [2.75, 3.05) is 11.1 Å². The predicted molar refractivity (Wildman–Crippen MR) is 94.1 cm³/mol. The van der Waals surface area contributed by atoms with Crippen LogP contribution in [-0.2, 0) is 11.3 Å². The van der Waals surface area contributed by atoms with Crippen molar-refractivity contribution in [3.63, 3.8) is 0 Å². The van der Waals surface area contributed by atoms with Crippen molar-refractivity contribution in [2.24, 2.45) is 0 Å². The maximum absolute atomic E-state index is 12.1. The van der Waals surface area contributed by atoms with Gasteiger partial charge in [-0.25, -0.2) is 4.79 Å². The minimum Gasteiger partial charge on any atom is -0.444 e. The Morgan fingerprint density at radius 2 is 2.12 bits per heavy atom. The molecule has 0 aliphatic rings. The Morgan fingerprint density at radius 3 is 2.84 bits per heavy atom. The van der Waals surface area contributed by atoms with Gasteiger partial charge >= 0.3 is 6.09 Å². The normalized spacial score (nSPS) is 10.5. The van der Waals surface area contributed by atoms with Crippen LogP contribution in [0, 0.1) is 6.92 Å². The predicted octanol–water partition coefficient (Wildman–Crippen LogP) is 4.03. The number of anilines is 2. The summed E-state index contributed by atoms with van der Waals surface area (Å²) in [6, 6.07) is 10.5. The number of nitrogen functional groups attached to an aromatic ring is 1. The van der Waals surface area contributed by atoms with Crippen molar-refractivity contribution in [3.8, 4) is 11.5 Å². The quantitative estimate of drug-likeness (QED) is 0.729. The Morgan fingerprint density at radius 1 is 1.32 bits per heavy atom. The molecule has 3 N–H and O–H groups in total. The summed E-state index contributed by atoms with van der Waals surface area (Å²) in [7, 11) is 0. The fraction of sp³-hybridized carbons (Fsp3) is 0.118. The molecule has 0 fully saturated rings. The van der Waals surface area contributed by atoms with Crippen LogP contribution in [0.15, 0.2) is 47.1 Å². The maximum Gasteiger partial charge on any atom is 0.412 e. The number of ether oxygens (including phenoxy) is 1. The first-order valence-electron chi connectivity index (χ1n) is 7.40. The zero-order chi connectivity index (χ0) is 17.8. The molecule has 1 amide bonds. The van der Waals surface area contributed by atoms with Gasteiger partial charge in [0, 0.05) is 10.6 Å². The van der Waals surface area contributed by atoms with Gasteiger partial charge < -0.3 is 15.0 Å². The number of carbonyl (C=O) groups is 1. The number of halogens is 1. The highest BCUT2D eigenvalue weighted by molar-refractivity contribution is 6.31. The monoisotopic (exact) mass is 358 g/mol. The van der Waals surface area contributed by atoms with E-state index in [2.05, 4.69) is 15.5 Å². The fourth-order valence-electron chi connectivity index (χ4n) is 2.13. The van der Waals surface area contributed by atoms with Gasteiger partial charge in [-0.3, -0.25) is 10.3 Å². The summed E-state index contributed by atoms with van der Waals surface area (Å²) in [5.41, 5.74) is 8.25. The van der Waals surface area contributed by atoms with E-state index in [9.17, 15) is 4.79 Å². The number of pyridine rings is 1. The molecule has 1 aromatic carbocycles. The molecule has 0 aliphatic heterocycles. The molecule has 3 aromatic rings. The van der Waals surface area contributed by atoms with Crippen LogP contribution in [0.1, 0.15) is 11.3 Å². The third-order valence-corrected chi connectivity index (χ3v) is 3.79. The topological polar surface area (TPSA) is 103 Å². The second-order valence-corrected chi connectivity index (χ2v) is 5.65. The summed E-state index contributed by atoms with van der Waals surface area (Å²) in [5, 5.41) is 7.02. The molecule has 0 radical (unpaired) electrons. The second-order valence-electron chi connectivity index (χ2n) is 5.24. The van der Waals surface area contributed by atoms with Crippen LogP contribution < -0.4 is 11.1 Å². The first-order valence-corrected chi connectivity index (χ1v) is 7.77. The van der Waals surface area contributed by atoms with Crippen molar-refractivity contribution in [2.45, 2.75) is 13.5 Å². The molecule has 3 rings (SSSR count). The molecule has 0 bridgehead atoms. The van der Waals surface area contributed by atoms with Crippen LogP contribution in [-0.4, -0.2) is 16.2 Å². The fourth-order valence-corrected chi connectivity index (χ4v) is 2.32. The van der Waals surface area contributed by atoms with Crippen molar-refractivity contribution in [3.05, 3.63) is 58.9 Å². The van der Waals surface area contributed by atoms with E-state index in [-0.39, 0.29) is 6.61 Å².